The molecule has 1 aromatic rings. The lowest BCUT2D eigenvalue weighted by atomic mass is 9.80. The van der Waals surface area contributed by atoms with E-state index in [-0.39, 0.29) is 12.2 Å². The Morgan fingerprint density at radius 2 is 1.59 bits per heavy atom. The Morgan fingerprint density at radius 1 is 0.907 bits per heavy atom. The molecule has 3 fully saturated rings. The van der Waals surface area contributed by atoms with Crippen LogP contribution in [0.3, 0.4) is 0 Å². The molecule has 0 radical (unpaired) electrons. The van der Waals surface area contributed by atoms with Crippen molar-refractivity contribution in [2.24, 2.45) is 17.8 Å². The predicted octanol–water partition coefficient (Wildman–Crippen LogP) is -0.857. The van der Waals surface area contributed by atoms with Crippen LogP contribution in [0.25, 0.3) is 0 Å². The summed E-state index contributed by atoms with van der Waals surface area (Å²) in [5.41, 5.74) is -0.221. The minimum atomic E-state index is -1.86. The zero-order chi connectivity index (χ0) is 39.4. The molecule has 0 bridgehead atoms. The third-order valence-electron chi connectivity index (χ3n) is 9.31. The number of cyclic esters (lactones) is 1. The number of esters is 4. The highest BCUT2D eigenvalue weighted by Crippen LogP contribution is 2.42. The molecule has 3 saturated heterocycles. The average Bonchev–Trinajstić information content (AvgIpc) is 3.12. The minimum absolute atomic E-state index is 0.123. The van der Waals surface area contributed by atoms with Crippen molar-refractivity contribution in [3.63, 3.8) is 0 Å². The van der Waals surface area contributed by atoms with Gasteiger partial charge >= 0.3 is 23.9 Å². The van der Waals surface area contributed by atoms with E-state index in [1.165, 1.54) is 30.5 Å². The Labute approximate surface area is 307 Å². The lowest BCUT2D eigenvalue weighted by molar-refractivity contribution is -0.330. The number of aliphatic hydroxyl groups is 4. The first-order valence-corrected chi connectivity index (χ1v) is 16.9. The molecule has 19 heteroatoms. The van der Waals surface area contributed by atoms with E-state index in [1.807, 2.05) is 0 Å². The molecule has 296 valence electrons. The number of para-hydroxylation sites is 1. The smallest absolute Gasteiger partial charge is 0.337 e. The van der Waals surface area contributed by atoms with Crippen molar-refractivity contribution in [1.29, 1.82) is 0 Å². The standard InChI is InChI=1S/C35H42O19/c1-5-17-18-9-10-46-32(45)20(18)12-48-33(17)54-35-31(50-16(4)39)30(49-15(3)38)24(23(53-35)13-47-14(2)37)26(41)19-7-6-8-21(25(19)40)51-34-29(44)28(43)27(42)22(11-36)52-34/h5-8,12,17-18,22-24,27-31,33-36,40,42-44H,1,9-11,13H2,2-4H3/t17-,18-,22-,23+,24+,27-,28-,29-,30-,31-,33-,34+,35+/m1/s1. The van der Waals surface area contributed by atoms with Gasteiger partial charge in [-0.25, -0.2) is 4.79 Å². The number of benzene rings is 1. The number of carbonyl (C=O) groups is 5. The van der Waals surface area contributed by atoms with Crippen molar-refractivity contribution >= 4 is 29.7 Å². The molecule has 4 heterocycles. The molecular formula is C35H42O19. The zero-order valence-electron chi connectivity index (χ0n) is 29.4. The van der Waals surface area contributed by atoms with Gasteiger partial charge in [-0.1, -0.05) is 12.1 Å². The molecule has 4 aliphatic rings. The van der Waals surface area contributed by atoms with Gasteiger partial charge in [0.1, 0.15) is 37.1 Å². The maximum atomic E-state index is 14.5. The topological polar surface area (TPSA) is 270 Å². The number of phenolic OH excluding ortho intramolecular Hbond substituents is 1. The fraction of sp³-hybridized carbons (Fsp3) is 0.571. The van der Waals surface area contributed by atoms with Gasteiger partial charge in [0, 0.05) is 32.6 Å². The molecule has 0 spiro atoms. The van der Waals surface area contributed by atoms with Gasteiger partial charge in [-0.2, -0.15) is 0 Å². The van der Waals surface area contributed by atoms with Gasteiger partial charge < -0.3 is 68.2 Å². The van der Waals surface area contributed by atoms with E-state index >= 15 is 0 Å². The van der Waals surface area contributed by atoms with Crippen molar-refractivity contribution in [3.05, 3.63) is 48.3 Å². The monoisotopic (exact) mass is 766 g/mol. The molecule has 1 aromatic carbocycles. The number of aromatic hydroxyl groups is 1. The largest absolute Gasteiger partial charge is 0.504 e. The summed E-state index contributed by atoms with van der Waals surface area (Å²) in [7, 11) is 0. The third-order valence-corrected chi connectivity index (χ3v) is 9.31. The molecule has 5 N–H and O–H groups in total. The number of rotatable bonds is 12. The fourth-order valence-electron chi connectivity index (χ4n) is 6.76. The fourth-order valence-corrected chi connectivity index (χ4v) is 6.76. The Balaban J connectivity index is 1.51. The highest BCUT2D eigenvalue weighted by molar-refractivity contribution is 6.02. The number of carbonyl (C=O) groups excluding carboxylic acids is 5. The van der Waals surface area contributed by atoms with Gasteiger partial charge in [0.2, 0.25) is 18.9 Å². The van der Waals surface area contributed by atoms with Gasteiger partial charge in [0.05, 0.1) is 36.5 Å². The molecular weight excluding hydrogens is 724 g/mol. The van der Waals surface area contributed by atoms with E-state index in [0.29, 0.717) is 6.42 Å². The first-order chi connectivity index (χ1) is 25.7. The molecule has 0 unspecified atom stereocenters. The molecule has 54 heavy (non-hydrogen) atoms. The van der Waals surface area contributed by atoms with E-state index < -0.39 is 139 Å². The van der Waals surface area contributed by atoms with E-state index in [9.17, 15) is 49.5 Å². The van der Waals surface area contributed by atoms with Crippen LogP contribution in [0.2, 0.25) is 0 Å². The molecule has 0 amide bonds. The lowest BCUT2D eigenvalue weighted by Crippen LogP contribution is -2.62. The number of hydrogen-bond acceptors (Lipinski definition) is 19. The van der Waals surface area contributed by atoms with Gasteiger partial charge in [-0.3, -0.25) is 19.2 Å². The molecule has 13 atom stereocenters. The average molecular weight is 767 g/mol. The second kappa shape index (κ2) is 17.2. The number of ketones is 1. The van der Waals surface area contributed by atoms with E-state index in [2.05, 4.69) is 6.58 Å². The third kappa shape index (κ3) is 8.51. The minimum Gasteiger partial charge on any atom is -0.504 e. The van der Waals surface area contributed by atoms with Gasteiger partial charge in [0.15, 0.2) is 29.5 Å². The quantitative estimate of drug-likeness (QED) is 0.0750. The van der Waals surface area contributed by atoms with Crippen LogP contribution in [0.4, 0.5) is 0 Å². The molecule has 0 aromatic heterocycles. The van der Waals surface area contributed by atoms with Crippen LogP contribution in [0, 0.1) is 17.8 Å². The van der Waals surface area contributed by atoms with Crippen LogP contribution in [0.5, 0.6) is 11.5 Å². The number of aliphatic hydroxyl groups excluding tert-OH is 4. The maximum Gasteiger partial charge on any atom is 0.337 e. The highest BCUT2D eigenvalue weighted by Gasteiger charge is 2.56. The van der Waals surface area contributed by atoms with E-state index in [1.54, 1.807) is 0 Å². The van der Waals surface area contributed by atoms with Crippen LogP contribution in [0.15, 0.2) is 42.7 Å². The van der Waals surface area contributed by atoms with Crippen molar-refractivity contribution < 1.29 is 92.1 Å². The number of ether oxygens (including phenoxy) is 9. The Bertz CT molecular complexity index is 1620. The highest BCUT2D eigenvalue weighted by atomic mass is 16.8. The summed E-state index contributed by atoms with van der Waals surface area (Å²) >= 11 is 0. The zero-order valence-corrected chi connectivity index (χ0v) is 29.4. The van der Waals surface area contributed by atoms with Gasteiger partial charge in [-0.05, 0) is 18.6 Å². The molecule has 19 nitrogen and oxygen atoms in total. The SMILES string of the molecule is C=C[C@H]1[C@@H](O[C@@H]2O[C@@H](COC(C)=O)[C@@H](C(=O)c3cccc(O[C@H]4O[C@H](CO)[C@@H](O)[C@@H](O)[C@H]4O)c3O)[C@@H](OC(C)=O)[C@H]2OC(C)=O)OC=C2C(=O)OCC[C@@H]21. The summed E-state index contributed by atoms with van der Waals surface area (Å²) in [5, 5.41) is 51.6. The van der Waals surface area contributed by atoms with Crippen LogP contribution in [-0.4, -0.2) is 137 Å². The first-order valence-electron chi connectivity index (χ1n) is 16.9. The summed E-state index contributed by atoms with van der Waals surface area (Å²) in [6, 6.07) is 3.62. The van der Waals surface area contributed by atoms with Crippen LogP contribution < -0.4 is 4.74 Å². The van der Waals surface area contributed by atoms with E-state index in [0.717, 1.165) is 20.8 Å². The normalized spacial score (nSPS) is 34.8. The lowest BCUT2D eigenvalue weighted by Gasteiger charge is -2.46. The van der Waals surface area contributed by atoms with Gasteiger partial charge in [-0.15, -0.1) is 6.58 Å². The molecule has 0 saturated carbocycles. The first kappa shape index (κ1) is 40.6. The van der Waals surface area contributed by atoms with Crippen molar-refractivity contribution in [3.8, 4) is 11.5 Å². The number of Topliss-reactive ketones (excluding diaryl/α,β-unsaturated/α-hetero) is 1. The number of phenols is 1. The number of fused-ring (bicyclic) bond motifs is 1. The molecule has 5 rings (SSSR count). The van der Waals surface area contributed by atoms with E-state index in [4.69, 9.17) is 42.6 Å². The second-order valence-electron chi connectivity index (χ2n) is 12.9. The van der Waals surface area contributed by atoms with Crippen LogP contribution in [-0.2, 0) is 57.1 Å². The Hall–Kier alpha value is -4.63. The Kier molecular flexibility index (Phi) is 12.9. The second-order valence-corrected chi connectivity index (χ2v) is 12.9. The van der Waals surface area contributed by atoms with Crippen molar-refractivity contribution in [2.75, 3.05) is 19.8 Å². The summed E-state index contributed by atoms with van der Waals surface area (Å²) < 4.78 is 50.5. The maximum absolute atomic E-state index is 14.5. The molecule has 0 aliphatic carbocycles. The van der Waals surface area contributed by atoms with Gasteiger partial charge in [0.25, 0.3) is 0 Å². The predicted molar refractivity (Wildman–Crippen MR) is 174 cm³/mol. The summed E-state index contributed by atoms with van der Waals surface area (Å²) in [6.45, 7) is 5.73. The molecule has 4 aliphatic heterocycles. The van der Waals surface area contributed by atoms with Crippen LogP contribution in [0.1, 0.15) is 37.6 Å². The Morgan fingerprint density at radius 3 is 2.24 bits per heavy atom. The van der Waals surface area contributed by atoms with Crippen LogP contribution >= 0.6 is 0 Å². The van der Waals surface area contributed by atoms with Crippen molar-refractivity contribution in [1.82, 2.24) is 0 Å². The summed E-state index contributed by atoms with van der Waals surface area (Å²) in [5.74, 6) is -8.24. The number of hydrogen-bond donors (Lipinski definition) is 5. The summed E-state index contributed by atoms with van der Waals surface area (Å²) in [6.07, 6.45) is -13.2. The van der Waals surface area contributed by atoms with Crippen molar-refractivity contribution in [2.45, 2.75) is 88.8 Å². The summed E-state index contributed by atoms with van der Waals surface area (Å²) in [4.78, 5) is 63.9.